The first-order valence-electron chi connectivity index (χ1n) is 5.84. The highest BCUT2D eigenvalue weighted by atomic mass is 79.9. The number of hydrogen-bond donors (Lipinski definition) is 0. The maximum absolute atomic E-state index is 13.8. The molecule has 1 aromatic carbocycles. The van der Waals surface area contributed by atoms with Gasteiger partial charge in [0, 0.05) is 21.7 Å². The van der Waals surface area contributed by atoms with Crippen LogP contribution >= 0.6 is 27.5 Å². The SMILES string of the molecule is O=C1CC(Br)C2(C=Cc3c(Cl)cccc32)CC1F. The lowest BCUT2D eigenvalue weighted by Gasteiger charge is -2.39. The molecule has 0 aliphatic heterocycles. The zero-order valence-electron chi connectivity index (χ0n) is 9.50. The number of rotatable bonds is 0. The molecule has 1 saturated carbocycles. The lowest BCUT2D eigenvalue weighted by atomic mass is 9.70. The van der Waals surface area contributed by atoms with Gasteiger partial charge in [-0.2, -0.15) is 0 Å². The topological polar surface area (TPSA) is 17.1 Å². The molecule has 2 aliphatic carbocycles. The van der Waals surface area contributed by atoms with E-state index in [1.807, 2.05) is 30.4 Å². The highest BCUT2D eigenvalue weighted by Crippen LogP contribution is 2.50. The molecule has 4 heteroatoms. The minimum atomic E-state index is -1.38. The van der Waals surface area contributed by atoms with Crippen molar-refractivity contribution < 1.29 is 9.18 Å². The average molecular weight is 330 g/mol. The highest BCUT2D eigenvalue weighted by Gasteiger charge is 2.49. The largest absolute Gasteiger partial charge is 0.296 e. The standard InChI is InChI=1S/C14H11BrClFO/c15-13-6-12(18)11(17)7-14(13)5-4-8-9(14)2-1-3-10(8)16/h1-5,11,13H,6-7H2. The van der Waals surface area contributed by atoms with E-state index < -0.39 is 11.6 Å². The zero-order valence-corrected chi connectivity index (χ0v) is 11.8. The Bertz CT molecular complexity index is 557. The predicted molar refractivity (Wildman–Crippen MR) is 74.0 cm³/mol. The summed E-state index contributed by atoms with van der Waals surface area (Å²) in [5, 5.41) is 0.674. The molecule has 2 aliphatic rings. The maximum Gasteiger partial charge on any atom is 0.168 e. The number of Topliss-reactive ketones (excluding diaryl/α,β-unsaturated/α-hetero) is 1. The summed E-state index contributed by atoms with van der Waals surface area (Å²) >= 11 is 9.71. The molecular formula is C14H11BrClFO. The van der Waals surface area contributed by atoms with Crippen molar-refractivity contribution >= 4 is 39.4 Å². The van der Waals surface area contributed by atoms with E-state index >= 15 is 0 Å². The van der Waals surface area contributed by atoms with Crippen LogP contribution in [0.2, 0.25) is 5.02 Å². The normalized spacial score (nSPS) is 34.1. The number of carbonyl (C=O) groups excluding carboxylic acids is 1. The maximum atomic E-state index is 13.8. The average Bonchev–Trinajstić information content (AvgIpc) is 2.69. The van der Waals surface area contributed by atoms with Crippen LogP contribution in [0.1, 0.15) is 24.0 Å². The molecule has 1 aromatic rings. The van der Waals surface area contributed by atoms with Gasteiger partial charge >= 0.3 is 0 Å². The molecule has 0 bridgehead atoms. The Morgan fingerprint density at radius 3 is 3.00 bits per heavy atom. The molecule has 3 atom stereocenters. The second-order valence-corrected chi connectivity index (χ2v) is 6.40. The van der Waals surface area contributed by atoms with Gasteiger partial charge < -0.3 is 0 Å². The molecule has 1 fully saturated rings. The summed E-state index contributed by atoms with van der Waals surface area (Å²) in [6.45, 7) is 0. The van der Waals surface area contributed by atoms with Crippen molar-refractivity contribution in [3.8, 4) is 0 Å². The number of alkyl halides is 2. The molecule has 0 radical (unpaired) electrons. The number of ketones is 1. The summed E-state index contributed by atoms with van der Waals surface area (Å²) in [6.07, 6.45) is 2.97. The third kappa shape index (κ3) is 1.60. The summed E-state index contributed by atoms with van der Waals surface area (Å²) in [6, 6.07) is 5.67. The van der Waals surface area contributed by atoms with E-state index in [9.17, 15) is 9.18 Å². The fourth-order valence-electron chi connectivity index (χ4n) is 2.91. The Hall–Kier alpha value is -0.670. The van der Waals surface area contributed by atoms with Crippen LogP contribution in [0, 0.1) is 0 Å². The van der Waals surface area contributed by atoms with E-state index in [4.69, 9.17) is 11.6 Å². The van der Waals surface area contributed by atoms with E-state index in [0.717, 1.165) is 11.1 Å². The van der Waals surface area contributed by atoms with Gasteiger partial charge in [0.1, 0.15) is 0 Å². The zero-order chi connectivity index (χ0) is 12.9. The van der Waals surface area contributed by atoms with E-state index in [-0.39, 0.29) is 23.5 Å². The molecule has 0 N–H and O–H groups in total. The molecule has 0 heterocycles. The molecule has 18 heavy (non-hydrogen) atoms. The van der Waals surface area contributed by atoms with Crippen molar-refractivity contribution in [3.63, 3.8) is 0 Å². The second-order valence-electron chi connectivity index (χ2n) is 4.88. The van der Waals surface area contributed by atoms with Gasteiger partial charge in [0.15, 0.2) is 12.0 Å². The van der Waals surface area contributed by atoms with Gasteiger partial charge in [0.05, 0.1) is 0 Å². The van der Waals surface area contributed by atoms with Crippen molar-refractivity contribution in [2.24, 2.45) is 0 Å². The molecule has 0 amide bonds. The van der Waals surface area contributed by atoms with Crippen LogP contribution in [0.4, 0.5) is 4.39 Å². The van der Waals surface area contributed by atoms with E-state index in [0.29, 0.717) is 5.02 Å². The predicted octanol–water partition coefficient (Wildman–Crippen LogP) is 4.07. The third-order valence-corrected chi connectivity index (χ3v) is 5.38. The fraction of sp³-hybridized carbons (Fsp3) is 0.357. The minimum Gasteiger partial charge on any atom is -0.296 e. The van der Waals surface area contributed by atoms with E-state index in [2.05, 4.69) is 15.9 Å². The van der Waals surface area contributed by atoms with Gasteiger partial charge in [-0.05, 0) is 23.6 Å². The summed E-state index contributed by atoms with van der Waals surface area (Å²) in [7, 11) is 0. The smallest absolute Gasteiger partial charge is 0.168 e. The van der Waals surface area contributed by atoms with E-state index in [1.165, 1.54) is 0 Å². The molecule has 0 aromatic heterocycles. The lowest BCUT2D eigenvalue weighted by Crippen LogP contribution is -2.44. The summed E-state index contributed by atoms with van der Waals surface area (Å²) in [5.74, 6) is -0.314. The van der Waals surface area contributed by atoms with Gasteiger partial charge in [0.2, 0.25) is 0 Å². The summed E-state index contributed by atoms with van der Waals surface area (Å²) in [5.41, 5.74) is 1.53. The molecule has 1 spiro atoms. The highest BCUT2D eigenvalue weighted by molar-refractivity contribution is 9.09. The lowest BCUT2D eigenvalue weighted by molar-refractivity contribution is -0.126. The number of benzene rings is 1. The first kappa shape index (κ1) is 12.4. The number of allylic oxidation sites excluding steroid dienone is 1. The fourth-order valence-corrected chi connectivity index (χ4v) is 4.05. The van der Waals surface area contributed by atoms with Crippen LogP contribution < -0.4 is 0 Å². The van der Waals surface area contributed by atoms with E-state index in [1.54, 1.807) is 0 Å². The van der Waals surface area contributed by atoms with Crippen molar-refractivity contribution in [3.05, 3.63) is 40.4 Å². The quantitative estimate of drug-likeness (QED) is 0.656. The number of carbonyl (C=O) groups is 1. The Kier molecular flexibility index (Phi) is 2.87. The molecular weight excluding hydrogens is 319 g/mol. The summed E-state index contributed by atoms with van der Waals surface area (Å²) < 4.78 is 13.8. The second kappa shape index (κ2) is 4.17. The van der Waals surface area contributed by atoms with Gasteiger partial charge in [-0.1, -0.05) is 51.8 Å². The number of fused-ring (bicyclic) bond motifs is 2. The minimum absolute atomic E-state index is 0.0690. The Balaban J connectivity index is 2.12. The van der Waals surface area contributed by atoms with Crippen molar-refractivity contribution in [1.29, 1.82) is 0 Å². The third-order valence-electron chi connectivity index (χ3n) is 3.91. The van der Waals surface area contributed by atoms with Crippen molar-refractivity contribution in [2.45, 2.75) is 29.3 Å². The number of hydrogen-bond acceptors (Lipinski definition) is 1. The van der Waals surface area contributed by atoms with Crippen LogP contribution in [0.5, 0.6) is 0 Å². The summed E-state index contributed by atoms with van der Waals surface area (Å²) in [4.78, 5) is 11.4. The van der Waals surface area contributed by atoms with Crippen molar-refractivity contribution in [2.75, 3.05) is 0 Å². The van der Waals surface area contributed by atoms with Crippen LogP contribution in [-0.4, -0.2) is 16.8 Å². The molecule has 0 saturated heterocycles. The molecule has 3 rings (SSSR count). The first-order valence-corrected chi connectivity index (χ1v) is 7.13. The Morgan fingerprint density at radius 1 is 1.44 bits per heavy atom. The van der Waals surface area contributed by atoms with Crippen LogP contribution in [-0.2, 0) is 10.2 Å². The van der Waals surface area contributed by atoms with Crippen LogP contribution in [0.25, 0.3) is 6.08 Å². The van der Waals surface area contributed by atoms with Gasteiger partial charge in [-0.3, -0.25) is 4.79 Å². The molecule has 1 nitrogen and oxygen atoms in total. The van der Waals surface area contributed by atoms with Crippen molar-refractivity contribution in [1.82, 2.24) is 0 Å². The molecule has 94 valence electrons. The van der Waals surface area contributed by atoms with Gasteiger partial charge in [-0.15, -0.1) is 0 Å². The van der Waals surface area contributed by atoms with Crippen LogP contribution in [0.3, 0.4) is 0 Å². The Morgan fingerprint density at radius 2 is 2.22 bits per heavy atom. The first-order chi connectivity index (χ1) is 8.54. The molecule has 3 unspecified atom stereocenters. The van der Waals surface area contributed by atoms with Crippen LogP contribution in [0.15, 0.2) is 24.3 Å². The van der Waals surface area contributed by atoms with Gasteiger partial charge in [-0.25, -0.2) is 4.39 Å². The monoisotopic (exact) mass is 328 g/mol. The Labute approximate surface area is 118 Å². The van der Waals surface area contributed by atoms with Gasteiger partial charge in [0.25, 0.3) is 0 Å². The number of halogens is 3.